The molecule has 0 saturated carbocycles. The fraction of sp³-hybridized carbons (Fsp3) is 0.333. The van der Waals surface area contributed by atoms with Crippen molar-refractivity contribution < 1.29 is 19.0 Å². The van der Waals surface area contributed by atoms with Gasteiger partial charge in [0, 0.05) is 28.4 Å². The highest BCUT2D eigenvalue weighted by Crippen LogP contribution is 2.34. The van der Waals surface area contributed by atoms with Gasteiger partial charge in [0.25, 0.3) is 0 Å². The van der Waals surface area contributed by atoms with Gasteiger partial charge in [-0.2, -0.15) is 5.10 Å². The molecule has 3 rings (SSSR count). The maximum Gasteiger partial charge on any atom is 0.224 e. The molecule has 8 heteroatoms. The van der Waals surface area contributed by atoms with Crippen molar-refractivity contribution in [3.63, 3.8) is 0 Å². The van der Waals surface area contributed by atoms with Crippen LogP contribution in [0.4, 0.5) is 0 Å². The SMILES string of the molecule is COc1cc(OC)c(CNC(=O)Cc2c(C)nn(-c3ccc(C)c(Cl)c3)c2C)c(OC)c1. The van der Waals surface area contributed by atoms with Crippen LogP contribution in [0.5, 0.6) is 17.2 Å². The summed E-state index contributed by atoms with van der Waals surface area (Å²) in [7, 11) is 4.71. The smallest absolute Gasteiger partial charge is 0.224 e. The molecule has 3 aromatic rings. The van der Waals surface area contributed by atoms with E-state index in [1.54, 1.807) is 33.5 Å². The molecule has 0 spiro atoms. The molecular weight excluding hydrogens is 430 g/mol. The number of aromatic nitrogens is 2. The Morgan fingerprint density at radius 3 is 2.22 bits per heavy atom. The van der Waals surface area contributed by atoms with Crippen LogP contribution in [-0.2, 0) is 17.8 Å². The first-order valence-corrected chi connectivity index (χ1v) is 10.5. The molecule has 170 valence electrons. The molecule has 32 heavy (non-hydrogen) atoms. The van der Waals surface area contributed by atoms with Gasteiger partial charge >= 0.3 is 0 Å². The number of halogens is 1. The van der Waals surface area contributed by atoms with Crippen LogP contribution in [-0.4, -0.2) is 37.0 Å². The largest absolute Gasteiger partial charge is 0.496 e. The average Bonchev–Trinajstić information content (AvgIpc) is 3.07. The first-order valence-electron chi connectivity index (χ1n) is 10.2. The van der Waals surface area contributed by atoms with Crippen LogP contribution in [0.15, 0.2) is 30.3 Å². The summed E-state index contributed by atoms with van der Waals surface area (Å²) >= 11 is 6.28. The van der Waals surface area contributed by atoms with Crippen molar-refractivity contribution in [1.29, 1.82) is 0 Å². The van der Waals surface area contributed by atoms with Gasteiger partial charge in [-0.3, -0.25) is 4.79 Å². The van der Waals surface area contributed by atoms with Crippen LogP contribution in [0.25, 0.3) is 5.69 Å². The zero-order valence-electron chi connectivity index (χ0n) is 19.2. The predicted molar refractivity (Wildman–Crippen MR) is 124 cm³/mol. The van der Waals surface area contributed by atoms with Gasteiger partial charge in [-0.05, 0) is 38.5 Å². The number of nitrogens with one attached hydrogen (secondary N) is 1. The van der Waals surface area contributed by atoms with Crippen LogP contribution in [0.2, 0.25) is 5.02 Å². The summed E-state index contributed by atoms with van der Waals surface area (Å²) in [6, 6.07) is 9.31. The Morgan fingerprint density at radius 1 is 1.00 bits per heavy atom. The number of nitrogens with zero attached hydrogens (tertiary/aromatic N) is 2. The fourth-order valence-corrected chi connectivity index (χ4v) is 3.73. The summed E-state index contributed by atoms with van der Waals surface area (Å²) in [6.45, 7) is 6.06. The Bertz CT molecular complexity index is 1120. The van der Waals surface area contributed by atoms with Crippen molar-refractivity contribution in [3.05, 3.63) is 63.4 Å². The number of hydrogen-bond donors (Lipinski definition) is 1. The lowest BCUT2D eigenvalue weighted by molar-refractivity contribution is -0.120. The van der Waals surface area contributed by atoms with Crippen molar-refractivity contribution in [3.8, 4) is 22.9 Å². The lowest BCUT2D eigenvalue weighted by Gasteiger charge is -2.15. The van der Waals surface area contributed by atoms with Crippen molar-refractivity contribution >= 4 is 17.5 Å². The molecule has 0 atom stereocenters. The van der Waals surface area contributed by atoms with Crippen LogP contribution in [0, 0.1) is 20.8 Å². The van der Waals surface area contributed by atoms with E-state index in [0.29, 0.717) is 22.3 Å². The average molecular weight is 458 g/mol. The first-order chi connectivity index (χ1) is 15.3. The second-order valence-corrected chi connectivity index (χ2v) is 7.87. The van der Waals surface area contributed by atoms with Crippen LogP contribution in [0.1, 0.15) is 28.1 Å². The van der Waals surface area contributed by atoms with Crippen molar-refractivity contribution in [2.45, 2.75) is 33.7 Å². The fourth-order valence-electron chi connectivity index (χ4n) is 3.56. The molecule has 0 radical (unpaired) electrons. The molecule has 2 aromatic carbocycles. The van der Waals surface area contributed by atoms with Gasteiger partial charge in [0.15, 0.2) is 0 Å². The highest BCUT2D eigenvalue weighted by Gasteiger charge is 2.18. The van der Waals surface area contributed by atoms with Crippen molar-refractivity contribution in [1.82, 2.24) is 15.1 Å². The lowest BCUT2D eigenvalue weighted by atomic mass is 10.1. The Labute approximate surface area is 193 Å². The standard InChI is InChI=1S/C24H28ClN3O4/c1-14-7-8-17(9-21(14)25)28-16(3)19(15(2)27-28)12-24(29)26-13-20-22(31-5)10-18(30-4)11-23(20)32-6/h7-11H,12-13H2,1-6H3,(H,26,29). The molecule has 0 aliphatic rings. The predicted octanol–water partition coefficient (Wildman–Crippen LogP) is 4.34. The number of ether oxygens (including phenoxy) is 3. The number of carbonyl (C=O) groups excluding carboxylic acids is 1. The van der Waals surface area contributed by atoms with E-state index in [4.69, 9.17) is 25.8 Å². The molecule has 0 unspecified atom stereocenters. The number of benzene rings is 2. The minimum Gasteiger partial charge on any atom is -0.496 e. The van der Waals surface area contributed by atoms with E-state index in [1.807, 2.05) is 43.7 Å². The van der Waals surface area contributed by atoms with Gasteiger partial charge in [0.05, 0.1) is 51.2 Å². The Kier molecular flexibility index (Phi) is 7.30. The second-order valence-electron chi connectivity index (χ2n) is 7.46. The topological polar surface area (TPSA) is 74.6 Å². The van der Waals surface area contributed by atoms with E-state index in [9.17, 15) is 4.79 Å². The zero-order valence-corrected chi connectivity index (χ0v) is 20.0. The number of amides is 1. The lowest BCUT2D eigenvalue weighted by Crippen LogP contribution is -2.25. The molecule has 1 aromatic heterocycles. The van der Waals surface area contributed by atoms with E-state index in [0.717, 1.165) is 33.8 Å². The molecular formula is C24H28ClN3O4. The highest BCUT2D eigenvalue weighted by atomic mass is 35.5. The van der Waals surface area contributed by atoms with Gasteiger partial charge < -0.3 is 19.5 Å². The Hall–Kier alpha value is -3.19. The number of hydrogen-bond acceptors (Lipinski definition) is 5. The summed E-state index contributed by atoms with van der Waals surface area (Å²) in [5.41, 5.74) is 5.18. The minimum absolute atomic E-state index is 0.127. The second kappa shape index (κ2) is 9.96. The van der Waals surface area contributed by atoms with Crippen LogP contribution >= 0.6 is 11.6 Å². The first kappa shape index (κ1) is 23.5. The maximum atomic E-state index is 12.8. The summed E-state index contributed by atoms with van der Waals surface area (Å²) in [6.07, 6.45) is 0.206. The third-order valence-corrected chi connectivity index (χ3v) is 5.87. The molecule has 0 fully saturated rings. The summed E-state index contributed by atoms with van der Waals surface area (Å²) in [5, 5.41) is 8.25. The van der Waals surface area contributed by atoms with Gasteiger partial charge in [-0.1, -0.05) is 17.7 Å². The summed E-state index contributed by atoms with van der Waals surface area (Å²) in [4.78, 5) is 12.8. The number of aryl methyl sites for hydroxylation is 2. The molecule has 0 saturated heterocycles. The van der Waals surface area contributed by atoms with Gasteiger partial charge in [0.1, 0.15) is 17.2 Å². The molecule has 0 bridgehead atoms. The van der Waals surface area contributed by atoms with Crippen LogP contribution in [0.3, 0.4) is 0 Å². The third kappa shape index (κ3) is 4.83. The van der Waals surface area contributed by atoms with E-state index >= 15 is 0 Å². The van der Waals surface area contributed by atoms with E-state index in [1.165, 1.54) is 0 Å². The quantitative estimate of drug-likeness (QED) is 0.544. The number of methoxy groups -OCH3 is 3. The zero-order chi connectivity index (χ0) is 23.4. The Balaban J connectivity index is 1.78. The van der Waals surface area contributed by atoms with Gasteiger partial charge in [0.2, 0.25) is 5.91 Å². The number of rotatable bonds is 8. The maximum absolute atomic E-state index is 12.8. The molecule has 7 nitrogen and oxygen atoms in total. The molecule has 0 aliphatic carbocycles. The van der Waals surface area contributed by atoms with Gasteiger partial charge in [-0.25, -0.2) is 4.68 Å². The summed E-state index contributed by atoms with van der Waals surface area (Å²) in [5.74, 6) is 1.65. The monoisotopic (exact) mass is 457 g/mol. The molecule has 1 heterocycles. The number of carbonyl (C=O) groups is 1. The van der Waals surface area contributed by atoms with Crippen molar-refractivity contribution in [2.75, 3.05) is 21.3 Å². The van der Waals surface area contributed by atoms with E-state index in [2.05, 4.69) is 10.4 Å². The van der Waals surface area contributed by atoms with Crippen LogP contribution < -0.4 is 19.5 Å². The minimum atomic E-state index is -0.127. The normalized spacial score (nSPS) is 10.7. The molecule has 1 amide bonds. The van der Waals surface area contributed by atoms with Crippen molar-refractivity contribution in [2.24, 2.45) is 0 Å². The third-order valence-electron chi connectivity index (χ3n) is 5.46. The Morgan fingerprint density at radius 2 is 1.66 bits per heavy atom. The molecule has 0 aliphatic heterocycles. The molecule has 1 N–H and O–H groups in total. The summed E-state index contributed by atoms with van der Waals surface area (Å²) < 4.78 is 18.0. The van der Waals surface area contributed by atoms with Gasteiger partial charge in [-0.15, -0.1) is 0 Å². The van der Waals surface area contributed by atoms with E-state index in [-0.39, 0.29) is 18.9 Å². The van der Waals surface area contributed by atoms with E-state index < -0.39 is 0 Å². The highest BCUT2D eigenvalue weighted by molar-refractivity contribution is 6.31.